The van der Waals surface area contributed by atoms with Gasteiger partial charge in [-0.2, -0.15) is 0 Å². The number of amides is 2. The summed E-state index contributed by atoms with van der Waals surface area (Å²) in [6.45, 7) is 7.72. The number of rotatable bonds is 5. The second-order valence-electron chi connectivity index (χ2n) is 9.66. The third-order valence-corrected chi connectivity index (χ3v) is 7.47. The van der Waals surface area contributed by atoms with Crippen LogP contribution < -0.4 is 9.80 Å². The summed E-state index contributed by atoms with van der Waals surface area (Å²) >= 11 is 5.73. The molecule has 5 rings (SSSR count). The Bertz CT molecular complexity index is 1720. The highest BCUT2D eigenvalue weighted by molar-refractivity contribution is 7.81. The van der Waals surface area contributed by atoms with Gasteiger partial charge in [0.1, 0.15) is 5.57 Å². The quantitative estimate of drug-likeness (QED) is 0.0948. The molecule has 0 radical (unpaired) electrons. The predicted octanol–water partition coefficient (Wildman–Crippen LogP) is 6.37. The number of hydrogen-bond acceptors (Lipinski definition) is 5. The van der Waals surface area contributed by atoms with Gasteiger partial charge in [0, 0.05) is 29.2 Å². The molecule has 1 saturated heterocycles. The molecule has 2 heterocycles. The number of para-hydroxylation sites is 1. The zero-order valence-corrected chi connectivity index (χ0v) is 23.2. The number of aromatic nitrogens is 1. The van der Waals surface area contributed by atoms with Crippen LogP contribution in [0.5, 0.6) is 0 Å². The predicted molar refractivity (Wildman–Crippen MR) is 160 cm³/mol. The van der Waals surface area contributed by atoms with Gasteiger partial charge in [-0.15, -0.1) is 0 Å². The number of aryl methyl sites for hydroxylation is 3. The summed E-state index contributed by atoms with van der Waals surface area (Å²) < 4.78 is 1.93. The zero-order chi connectivity index (χ0) is 28.7. The summed E-state index contributed by atoms with van der Waals surface area (Å²) in [6.07, 6.45) is 1.60. The molecule has 1 aromatic heterocycles. The number of non-ortho nitro benzene ring substituents is 1. The fourth-order valence-electron chi connectivity index (χ4n) is 4.84. The van der Waals surface area contributed by atoms with Gasteiger partial charge >= 0.3 is 0 Å². The number of carbonyl (C=O) groups is 2. The lowest BCUT2D eigenvalue weighted by Crippen LogP contribution is -2.57. The number of benzene rings is 3. The summed E-state index contributed by atoms with van der Waals surface area (Å²) in [6, 6.07) is 22.7. The highest BCUT2D eigenvalue weighted by atomic mass is 32.1. The molecule has 0 bridgehead atoms. The molecule has 2 amide bonds. The Balaban J connectivity index is 1.64. The van der Waals surface area contributed by atoms with Crippen molar-refractivity contribution < 1.29 is 14.5 Å². The van der Waals surface area contributed by atoms with Crippen LogP contribution in [-0.4, -0.2) is 26.4 Å². The first-order valence-electron chi connectivity index (χ1n) is 12.6. The minimum atomic E-state index is -0.513. The smallest absolute Gasteiger partial charge is 0.270 e. The van der Waals surface area contributed by atoms with Crippen LogP contribution in [0.4, 0.5) is 17.1 Å². The van der Waals surface area contributed by atoms with Crippen LogP contribution in [0.15, 0.2) is 84.4 Å². The van der Waals surface area contributed by atoms with Gasteiger partial charge in [-0.1, -0.05) is 24.3 Å². The molecule has 0 spiro atoms. The van der Waals surface area contributed by atoms with E-state index in [0.29, 0.717) is 16.9 Å². The van der Waals surface area contributed by atoms with Gasteiger partial charge in [-0.05, 0) is 105 Å². The first-order chi connectivity index (χ1) is 19.1. The van der Waals surface area contributed by atoms with Crippen molar-refractivity contribution in [2.45, 2.75) is 27.7 Å². The van der Waals surface area contributed by atoms with Crippen molar-refractivity contribution in [1.29, 1.82) is 0 Å². The maximum atomic E-state index is 14.0. The average Bonchev–Trinajstić information content (AvgIpc) is 3.21. The average molecular weight is 551 g/mol. The molecule has 1 fully saturated rings. The summed E-state index contributed by atoms with van der Waals surface area (Å²) in [5, 5.41) is 11.2. The van der Waals surface area contributed by atoms with E-state index in [0.717, 1.165) is 28.2 Å². The van der Waals surface area contributed by atoms with Crippen LogP contribution in [0.2, 0.25) is 0 Å². The molecule has 3 aromatic carbocycles. The topological polar surface area (TPSA) is 88.7 Å². The molecule has 200 valence electrons. The molecule has 0 saturated carbocycles. The van der Waals surface area contributed by atoms with E-state index in [2.05, 4.69) is 0 Å². The van der Waals surface area contributed by atoms with Gasteiger partial charge in [-0.25, -0.2) is 0 Å². The van der Waals surface area contributed by atoms with E-state index < -0.39 is 16.7 Å². The molecule has 8 nitrogen and oxygen atoms in total. The van der Waals surface area contributed by atoms with E-state index in [9.17, 15) is 19.7 Å². The molecule has 1 aliphatic rings. The van der Waals surface area contributed by atoms with Crippen molar-refractivity contribution >= 4 is 52.3 Å². The van der Waals surface area contributed by atoms with Crippen molar-refractivity contribution in [2.75, 3.05) is 9.80 Å². The maximum Gasteiger partial charge on any atom is 0.270 e. The largest absolute Gasteiger partial charge is 0.318 e. The number of nitrogens with zero attached hydrogens (tertiary/aromatic N) is 4. The van der Waals surface area contributed by atoms with E-state index in [-0.39, 0.29) is 16.4 Å². The first kappa shape index (κ1) is 26.7. The molecule has 1 aliphatic heterocycles. The van der Waals surface area contributed by atoms with Crippen LogP contribution >= 0.6 is 12.2 Å². The van der Waals surface area contributed by atoms with Crippen molar-refractivity contribution in [3.63, 3.8) is 0 Å². The van der Waals surface area contributed by atoms with Gasteiger partial charge in [0.05, 0.1) is 16.3 Å². The molecule has 0 unspecified atom stereocenters. The van der Waals surface area contributed by atoms with Crippen LogP contribution in [0.1, 0.15) is 28.1 Å². The number of nitro groups is 1. The fourth-order valence-corrected chi connectivity index (χ4v) is 5.21. The summed E-state index contributed by atoms with van der Waals surface area (Å²) in [4.78, 5) is 41.3. The number of nitro benzene ring substituents is 1. The Kier molecular flexibility index (Phi) is 6.91. The van der Waals surface area contributed by atoms with E-state index in [1.54, 1.807) is 30.3 Å². The second-order valence-corrected chi connectivity index (χ2v) is 10.0. The number of thiocarbonyl (C=S) groups is 1. The summed E-state index contributed by atoms with van der Waals surface area (Å²) in [7, 11) is 0. The Hall–Kier alpha value is -4.89. The third-order valence-electron chi connectivity index (χ3n) is 7.10. The molecule has 40 heavy (non-hydrogen) atoms. The Labute approximate surface area is 236 Å². The Morgan fingerprint density at radius 1 is 0.750 bits per heavy atom. The van der Waals surface area contributed by atoms with E-state index in [4.69, 9.17) is 12.2 Å². The second kappa shape index (κ2) is 10.3. The molecular formula is C31H26N4O4S. The molecule has 0 atom stereocenters. The monoisotopic (exact) mass is 550 g/mol. The van der Waals surface area contributed by atoms with Crippen molar-refractivity contribution in [3.05, 3.63) is 123 Å². The van der Waals surface area contributed by atoms with E-state index in [1.807, 2.05) is 74.7 Å². The van der Waals surface area contributed by atoms with Gasteiger partial charge in [-0.3, -0.25) is 29.5 Å². The van der Waals surface area contributed by atoms with Gasteiger partial charge in [0.25, 0.3) is 17.5 Å². The van der Waals surface area contributed by atoms with Crippen molar-refractivity contribution in [2.24, 2.45) is 0 Å². The molecule has 0 aliphatic carbocycles. The number of carbonyl (C=O) groups excluding carboxylic acids is 2. The van der Waals surface area contributed by atoms with E-state index in [1.165, 1.54) is 21.9 Å². The Morgan fingerprint density at radius 3 is 1.95 bits per heavy atom. The SMILES string of the molecule is Cc1ccc(N2C(=O)C(=Cc3cc(C)n(-c4ccc([N+](=O)[O-])cc4)c3C)C(=O)N(c3ccccc3)C2=S)cc1C. The minimum Gasteiger partial charge on any atom is -0.318 e. The summed E-state index contributed by atoms with van der Waals surface area (Å²) in [5.41, 5.74) is 6.19. The Morgan fingerprint density at radius 2 is 1.35 bits per heavy atom. The molecular weight excluding hydrogens is 524 g/mol. The van der Waals surface area contributed by atoms with Crippen LogP contribution in [0.3, 0.4) is 0 Å². The maximum absolute atomic E-state index is 14.0. The van der Waals surface area contributed by atoms with Crippen LogP contribution in [-0.2, 0) is 9.59 Å². The highest BCUT2D eigenvalue weighted by Gasteiger charge is 2.41. The minimum absolute atomic E-state index is 0.00430. The fraction of sp³-hybridized carbons (Fsp3) is 0.129. The summed E-state index contributed by atoms with van der Waals surface area (Å²) in [5.74, 6) is -1.02. The lowest BCUT2D eigenvalue weighted by molar-refractivity contribution is -0.384. The lowest BCUT2D eigenvalue weighted by Gasteiger charge is -2.36. The number of anilines is 2. The lowest BCUT2D eigenvalue weighted by atomic mass is 10.0. The number of hydrogen-bond donors (Lipinski definition) is 0. The third kappa shape index (κ3) is 4.60. The zero-order valence-electron chi connectivity index (χ0n) is 22.4. The first-order valence-corrected chi connectivity index (χ1v) is 13.0. The van der Waals surface area contributed by atoms with E-state index >= 15 is 0 Å². The van der Waals surface area contributed by atoms with Crippen molar-refractivity contribution in [1.82, 2.24) is 4.57 Å². The van der Waals surface area contributed by atoms with Gasteiger partial charge in [0.15, 0.2) is 5.11 Å². The van der Waals surface area contributed by atoms with Gasteiger partial charge < -0.3 is 4.57 Å². The normalized spacial score (nSPS) is 14.8. The standard InChI is InChI=1S/C31H26N4O4S/c1-19-10-11-27(16-20(19)2)34-30(37)28(29(36)33(31(34)40)24-8-6-5-7-9-24)18-23-17-21(3)32(22(23)4)25-12-14-26(15-13-25)35(38)39/h5-18H,1-4H3. The van der Waals surface area contributed by atoms with Gasteiger partial charge in [0.2, 0.25) is 0 Å². The molecule has 0 N–H and O–H groups in total. The highest BCUT2D eigenvalue weighted by Crippen LogP contribution is 2.32. The molecule has 9 heteroatoms. The molecule has 4 aromatic rings. The van der Waals surface area contributed by atoms with Crippen LogP contribution in [0.25, 0.3) is 11.8 Å². The van der Waals surface area contributed by atoms with Crippen molar-refractivity contribution in [3.8, 4) is 5.69 Å². The van der Waals surface area contributed by atoms with Crippen LogP contribution in [0, 0.1) is 37.8 Å².